The first kappa shape index (κ1) is 13.9. The second-order valence-corrected chi connectivity index (χ2v) is 5.10. The van der Waals surface area contributed by atoms with Gasteiger partial charge >= 0.3 is 0 Å². The van der Waals surface area contributed by atoms with Crippen molar-refractivity contribution in [2.75, 3.05) is 26.4 Å². The van der Waals surface area contributed by atoms with E-state index in [0.29, 0.717) is 18.1 Å². The molecule has 0 bridgehead atoms. The molecule has 1 atom stereocenters. The Morgan fingerprint density at radius 1 is 1.25 bits per heavy atom. The van der Waals surface area contributed by atoms with Gasteiger partial charge in [-0.1, -0.05) is 13.8 Å². The van der Waals surface area contributed by atoms with Crippen molar-refractivity contribution in [1.29, 1.82) is 0 Å². The fourth-order valence-corrected chi connectivity index (χ4v) is 1.87. The third-order valence-corrected chi connectivity index (χ3v) is 3.06. The van der Waals surface area contributed by atoms with Crippen LogP contribution in [-0.4, -0.2) is 38.5 Å². The van der Waals surface area contributed by atoms with Crippen LogP contribution in [0.3, 0.4) is 0 Å². The normalized spacial score (nSPS) is 20.2. The molecule has 0 amide bonds. The van der Waals surface area contributed by atoms with Crippen molar-refractivity contribution < 1.29 is 9.47 Å². The lowest BCUT2D eigenvalue weighted by Gasteiger charge is -2.24. The lowest BCUT2D eigenvalue weighted by molar-refractivity contribution is -0.00708. The van der Waals surface area contributed by atoms with Crippen molar-refractivity contribution in [2.45, 2.75) is 52.2 Å². The van der Waals surface area contributed by atoms with Gasteiger partial charge in [-0.25, -0.2) is 0 Å². The molecule has 1 aliphatic rings. The van der Waals surface area contributed by atoms with Crippen molar-refractivity contribution in [3.8, 4) is 0 Å². The molecule has 1 aliphatic heterocycles. The SMILES string of the molecule is CC(C)NCCC(C)OCC1CCOCC1. The van der Waals surface area contributed by atoms with Gasteiger partial charge in [0.15, 0.2) is 0 Å². The third kappa shape index (κ3) is 6.46. The van der Waals surface area contributed by atoms with Crippen molar-refractivity contribution >= 4 is 0 Å². The molecule has 3 nitrogen and oxygen atoms in total. The Bertz CT molecular complexity index is 167. The van der Waals surface area contributed by atoms with Crippen LogP contribution in [0.4, 0.5) is 0 Å². The molecule has 0 spiro atoms. The number of nitrogens with one attached hydrogen (secondary N) is 1. The van der Waals surface area contributed by atoms with E-state index < -0.39 is 0 Å². The molecule has 0 aliphatic carbocycles. The van der Waals surface area contributed by atoms with E-state index in [1.54, 1.807) is 0 Å². The van der Waals surface area contributed by atoms with E-state index in [-0.39, 0.29) is 0 Å². The fraction of sp³-hybridized carbons (Fsp3) is 1.00. The highest BCUT2D eigenvalue weighted by Gasteiger charge is 2.15. The molecule has 16 heavy (non-hydrogen) atoms. The van der Waals surface area contributed by atoms with Gasteiger partial charge < -0.3 is 14.8 Å². The van der Waals surface area contributed by atoms with Crippen LogP contribution in [-0.2, 0) is 9.47 Å². The van der Waals surface area contributed by atoms with Gasteiger partial charge in [0.05, 0.1) is 6.10 Å². The van der Waals surface area contributed by atoms with Gasteiger partial charge in [0.25, 0.3) is 0 Å². The molecule has 1 unspecified atom stereocenters. The minimum Gasteiger partial charge on any atom is -0.381 e. The summed E-state index contributed by atoms with van der Waals surface area (Å²) in [7, 11) is 0. The topological polar surface area (TPSA) is 30.5 Å². The third-order valence-electron chi connectivity index (χ3n) is 3.06. The molecule has 0 aromatic carbocycles. The average molecular weight is 229 g/mol. The summed E-state index contributed by atoms with van der Waals surface area (Å²) in [5.74, 6) is 0.717. The molecule has 96 valence electrons. The zero-order valence-electron chi connectivity index (χ0n) is 11.0. The molecule has 1 saturated heterocycles. The Labute approximate surface area is 99.9 Å². The Balaban J connectivity index is 1.98. The Hall–Kier alpha value is -0.120. The second kappa shape index (κ2) is 8.04. The number of hydrogen-bond donors (Lipinski definition) is 1. The summed E-state index contributed by atoms with van der Waals surface area (Å²) >= 11 is 0. The molecule has 0 saturated carbocycles. The summed E-state index contributed by atoms with van der Waals surface area (Å²) in [4.78, 5) is 0. The predicted molar refractivity (Wildman–Crippen MR) is 66.7 cm³/mol. The first-order valence-electron chi connectivity index (χ1n) is 6.61. The van der Waals surface area contributed by atoms with Gasteiger partial charge in [0.2, 0.25) is 0 Å². The van der Waals surface area contributed by atoms with E-state index in [4.69, 9.17) is 9.47 Å². The lowest BCUT2D eigenvalue weighted by atomic mass is 10.0. The standard InChI is InChI=1S/C13H27NO2/c1-11(2)14-7-4-12(3)16-10-13-5-8-15-9-6-13/h11-14H,4-10H2,1-3H3. The molecule has 1 fully saturated rings. The molecule has 0 aromatic heterocycles. The molecule has 1 N–H and O–H groups in total. The van der Waals surface area contributed by atoms with E-state index in [1.165, 1.54) is 0 Å². The van der Waals surface area contributed by atoms with Crippen LogP contribution in [0.5, 0.6) is 0 Å². The Morgan fingerprint density at radius 2 is 1.94 bits per heavy atom. The van der Waals surface area contributed by atoms with Crippen LogP contribution in [0.1, 0.15) is 40.0 Å². The largest absolute Gasteiger partial charge is 0.381 e. The summed E-state index contributed by atoms with van der Waals surface area (Å²) in [6.07, 6.45) is 3.80. The first-order valence-corrected chi connectivity index (χ1v) is 6.61. The Kier molecular flexibility index (Phi) is 7.01. The van der Waals surface area contributed by atoms with Crippen LogP contribution in [0, 0.1) is 5.92 Å². The molecule has 0 aromatic rings. The number of rotatable bonds is 7. The summed E-state index contributed by atoms with van der Waals surface area (Å²) < 4.78 is 11.2. The maximum Gasteiger partial charge on any atom is 0.0559 e. The quantitative estimate of drug-likeness (QED) is 0.726. The highest BCUT2D eigenvalue weighted by Crippen LogP contribution is 2.15. The maximum atomic E-state index is 5.87. The van der Waals surface area contributed by atoms with Gasteiger partial charge in [0, 0.05) is 25.9 Å². The van der Waals surface area contributed by atoms with Gasteiger partial charge in [-0.3, -0.25) is 0 Å². The molecular weight excluding hydrogens is 202 g/mol. The summed E-state index contributed by atoms with van der Waals surface area (Å²) in [6, 6.07) is 0.572. The van der Waals surface area contributed by atoms with Crippen molar-refractivity contribution in [3.63, 3.8) is 0 Å². The fourth-order valence-electron chi connectivity index (χ4n) is 1.87. The zero-order chi connectivity index (χ0) is 11.8. The zero-order valence-corrected chi connectivity index (χ0v) is 11.0. The first-order chi connectivity index (χ1) is 7.68. The van der Waals surface area contributed by atoms with E-state index in [9.17, 15) is 0 Å². The highest BCUT2D eigenvalue weighted by molar-refractivity contribution is 4.64. The molecule has 3 heteroatoms. The summed E-state index contributed by atoms with van der Waals surface area (Å²) in [5, 5.41) is 3.41. The molecule has 1 heterocycles. The van der Waals surface area contributed by atoms with Gasteiger partial charge in [-0.05, 0) is 38.6 Å². The average Bonchev–Trinajstić information content (AvgIpc) is 2.27. The summed E-state index contributed by atoms with van der Waals surface area (Å²) in [6.45, 7) is 10.3. The molecular formula is C13H27NO2. The van der Waals surface area contributed by atoms with Gasteiger partial charge in [-0.2, -0.15) is 0 Å². The van der Waals surface area contributed by atoms with E-state index >= 15 is 0 Å². The van der Waals surface area contributed by atoms with Gasteiger partial charge in [0.1, 0.15) is 0 Å². The van der Waals surface area contributed by atoms with Crippen LogP contribution in [0.2, 0.25) is 0 Å². The minimum absolute atomic E-state index is 0.370. The van der Waals surface area contributed by atoms with Crippen molar-refractivity contribution in [3.05, 3.63) is 0 Å². The minimum atomic E-state index is 0.370. The lowest BCUT2D eigenvalue weighted by Crippen LogP contribution is -2.28. The second-order valence-electron chi connectivity index (χ2n) is 5.10. The molecule has 0 radical (unpaired) electrons. The van der Waals surface area contributed by atoms with Crippen molar-refractivity contribution in [1.82, 2.24) is 5.32 Å². The smallest absolute Gasteiger partial charge is 0.0559 e. The van der Waals surface area contributed by atoms with E-state index in [1.807, 2.05) is 0 Å². The van der Waals surface area contributed by atoms with Crippen LogP contribution in [0.15, 0.2) is 0 Å². The molecule has 1 rings (SSSR count). The van der Waals surface area contributed by atoms with Gasteiger partial charge in [-0.15, -0.1) is 0 Å². The van der Waals surface area contributed by atoms with Crippen molar-refractivity contribution in [2.24, 2.45) is 5.92 Å². The van der Waals surface area contributed by atoms with E-state index in [2.05, 4.69) is 26.1 Å². The summed E-state index contributed by atoms with van der Waals surface area (Å²) in [5.41, 5.74) is 0. The van der Waals surface area contributed by atoms with E-state index in [0.717, 1.165) is 45.6 Å². The number of hydrogen-bond acceptors (Lipinski definition) is 3. The van der Waals surface area contributed by atoms with Crippen LogP contribution >= 0.6 is 0 Å². The Morgan fingerprint density at radius 3 is 2.56 bits per heavy atom. The highest BCUT2D eigenvalue weighted by atomic mass is 16.5. The maximum absolute atomic E-state index is 5.87. The van der Waals surface area contributed by atoms with Crippen LogP contribution < -0.4 is 5.32 Å². The number of ether oxygens (including phenoxy) is 2. The van der Waals surface area contributed by atoms with Crippen LogP contribution in [0.25, 0.3) is 0 Å². The predicted octanol–water partition coefficient (Wildman–Crippen LogP) is 2.21. The monoisotopic (exact) mass is 229 g/mol.